The summed E-state index contributed by atoms with van der Waals surface area (Å²) in [4.78, 5) is 0. The maximum Gasteiger partial charge on any atom is 0.391 e. The van der Waals surface area contributed by atoms with E-state index in [0.29, 0.717) is 19.3 Å². The average Bonchev–Trinajstić information content (AvgIpc) is 2.26. The second kappa shape index (κ2) is 7.00. The molecule has 1 N–H and O–H groups in total. The van der Waals surface area contributed by atoms with E-state index < -0.39 is 24.7 Å². The van der Waals surface area contributed by atoms with Crippen molar-refractivity contribution in [3.05, 3.63) is 0 Å². The van der Waals surface area contributed by atoms with Crippen LogP contribution in [0.4, 0.5) is 26.3 Å². The van der Waals surface area contributed by atoms with Crippen molar-refractivity contribution in [1.29, 1.82) is 0 Å². The van der Waals surface area contributed by atoms with Gasteiger partial charge in [0.1, 0.15) is 0 Å². The summed E-state index contributed by atoms with van der Waals surface area (Å²) in [6.45, 7) is 1.73. The van der Waals surface area contributed by atoms with E-state index in [1.54, 1.807) is 6.92 Å². The molecule has 7 heteroatoms. The number of halogens is 6. The molecule has 1 aliphatic carbocycles. The summed E-state index contributed by atoms with van der Waals surface area (Å²) < 4.78 is 73.9. The summed E-state index contributed by atoms with van der Waals surface area (Å²) >= 11 is 0. The summed E-state index contributed by atoms with van der Waals surface area (Å²) in [5, 5.41) is 3.04. The van der Waals surface area contributed by atoms with Crippen LogP contribution in [0.15, 0.2) is 0 Å². The second-order valence-electron chi connectivity index (χ2n) is 5.68. The largest absolute Gasteiger partial charge is 0.391 e. The van der Waals surface area contributed by atoms with E-state index in [4.69, 9.17) is 0 Å². The van der Waals surface area contributed by atoms with Crippen molar-refractivity contribution >= 4 is 0 Å². The van der Waals surface area contributed by atoms with Gasteiger partial charge >= 0.3 is 12.4 Å². The topological polar surface area (TPSA) is 12.0 Å². The highest BCUT2D eigenvalue weighted by Crippen LogP contribution is 2.37. The quantitative estimate of drug-likeness (QED) is 0.718. The van der Waals surface area contributed by atoms with Gasteiger partial charge in [0, 0.05) is 18.5 Å². The Morgan fingerprint density at radius 1 is 1.10 bits per heavy atom. The van der Waals surface area contributed by atoms with Crippen LogP contribution in [0.25, 0.3) is 0 Å². The number of nitrogens with one attached hydrogen (secondary N) is 1. The van der Waals surface area contributed by atoms with E-state index >= 15 is 0 Å². The fraction of sp³-hybridized carbons (Fsp3) is 1.00. The summed E-state index contributed by atoms with van der Waals surface area (Å²) in [6, 6.07) is -0.425. The van der Waals surface area contributed by atoms with E-state index in [1.807, 2.05) is 0 Å². The Labute approximate surface area is 115 Å². The fourth-order valence-electron chi connectivity index (χ4n) is 2.73. The standard InChI is InChI=1S/C13H21F6N/c1-9(4-3-7-12(14,15)16)20-11-6-2-5-10(8-11)13(17,18)19/h9-11,20H,2-8H2,1H3. The van der Waals surface area contributed by atoms with Crippen LogP contribution in [0.2, 0.25) is 0 Å². The molecule has 1 aliphatic rings. The first-order chi connectivity index (χ1) is 9.08. The van der Waals surface area contributed by atoms with Gasteiger partial charge in [-0.05, 0) is 39.0 Å². The van der Waals surface area contributed by atoms with Crippen LogP contribution in [0, 0.1) is 5.92 Å². The SMILES string of the molecule is CC(CCCC(F)(F)F)NC1CCCC(C(F)(F)F)C1. The molecule has 0 spiro atoms. The van der Waals surface area contributed by atoms with E-state index in [1.165, 1.54) is 0 Å². The Balaban J connectivity index is 2.29. The first kappa shape index (κ1) is 17.6. The zero-order valence-electron chi connectivity index (χ0n) is 11.4. The van der Waals surface area contributed by atoms with Crippen molar-refractivity contribution in [1.82, 2.24) is 5.32 Å². The van der Waals surface area contributed by atoms with Crippen molar-refractivity contribution in [2.24, 2.45) is 5.92 Å². The summed E-state index contributed by atoms with van der Waals surface area (Å²) in [5.41, 5.74) is 0. The van der Waals surface area contributed by atoms with Gasteiger partial charge in [-0.2, -0.15) is 26.3 Å². The number of alkyl halides is 6. The molecular formula is C13H21F6N. The summed E-state index contributed by atoms with van der Waals surface area (Å²) in [6.07, 6.45) is -7.47. The molecule has 120 valence electrons. The predicted octanol–water partition coefficient (Wildman–Crippen LogP) is 4.82. The van der Waals surface area contributed by atoms with Crippen LogP contribution in [-0.4, -0.2) is 24.4 Å². The lowest BCUT2D eigenvalue weighted by molar-refractivity contribution is -0.183. The van der Waals surface area contributed by atoms with Gasteiger partial charge in [0.05, 0.1) is 5.92 Å². The van der Waals surface area contributed by atoms with Crippen LogP contribution in [0.1, 0.15) is 51.9 Å². The Hall–Kier alpha value is -0.460. The zero-order valence-corrected chi connectivity index (χ0v) is 11.4. The minimum atomic E-state index is -4.17. The van der Waals surface area contributed by atoms with Gasteiger partial charge in [-0.3, -0.25) is 0 Å². The smallest absolute Gasteiger partial charge is 0.311 e. The van der Waals surface area contributed by atoms with Gasteiger partial charge in [0.25, 0.3) is 0 Å². The minimum Gasteiger partial charge on any atom is -0.311 e. The molecule has 0 aromatic rings. The van der Waals surface area contributed by atoms with E-state index in [9.17, 15) is 26.3 Å². The Bertz CT molecular complexity index is 286. The van der Waals surface area contributed by atoms with E-state index in [2.05, 4.69) is 5.32 Å². The highest BCUT2D eigenvalue weighted by Gasteiger charge is 2.42. The minimum absolute atomic E-state index is 0.00703. The highest BCUT2D eigenvalue weighted by molar-refractivity contribution is 4.83. The van der Waals surface area contributed by atoms with Crippen LogP contribution in [0.3, 0.4) is 0 Å². The van der Waals surface area contributed by atoms with Gasteiger partial charge < -0.3 is 5.32 Å². The first-order valence-electron chi connectivity index (χ1n) is 6.97. The maximum absolute atomic E-state index is 12.6. The fourth-order valence-corrected chi connectivity index (χ4v) is 2.73. The van der Waals surface area contributed by atoms with E-state index in [0.717, 1.165) is 0 Å². The molecule has 1 nitrogen and oxygen atoms in total. The molecule has 3 unspecified atom stereocenters. The maximum atomic E-state index is 12.6. The molecule has 0 heterocycles. The van der Waals surface area contributed by atoms with Gasteiger partial charge in [-0.25, -0.2) is 0 Å². The van der Waals surface area contributed by atoms with Gasteiger partial charge in [0.15, 0.2) is 0 Å². The molecule has 0 bridgehead atoms. The molecule has 1 saturated carbocycles. The molecule has 0 aliphatic heterocycles. The second-order valence-corrected chi connectivity index (χ2v) is 5.68. The molecule has 20 heavy (non-hydrogen) atoms. The van der Waals surface area contributed by atoms with Crippen LogP contribution in [0.5, 0.6) is 0 Å². The third kappa shape index (κ3) is 6.81. The number of hydrogen-bond acceptors (Lipinski definition) is 1. The van der Waals surface area contributed by atoms with E-state index in [-0.39, 0.29) is 31.3 Å². The number of rotatable bonds is 5. The molecule has 0 radical (unpaired) electrons. The lowest BCUT2D eigenvalue weighted by Gasteiger charge is -2.33. The molecule has 0 aromatic heterocycles. The molecule has 1 rings (SSSR count). The Morgan fingerprint density at radius 3 is 2.30 bits per heavy atom. The Kier molecular flexibility index (Phi) is 6.16. The lowest BCUT2D eigenvalue weighted by Crippen LogP contribution is -2.42. The van der Waals surface area contributed by atoms with Crippen LogP contribution >= 0.6 is 0 Å². The normalized spacial score (nSPS) is 26.6. The van der Waals surface area contributed by atoms with Crippen molar-refractivity contribution in [2.75, 3.05) is 0 Å². The van der Waals surface area contributed by atoms with Crippen LogP contribution in [-0.2, 0) is 0 Å². The molecule has 0 aromatic carbocycles. The van der Waals surface area contributed by atoms with Crippen molar-refractivity contribution < 1.29 is 26.3 Å². The van der Waals surface area contributed by atoms with Crippen LogP contribution < -0.4 is 5.32 Å². The third-order valence-corrected chi connectivity index (χ3v) is 3.75. The summed E-state index contributed by atoms with van der Waals surface area (Å²) in [7, 11) is 0. The van der Waals surface area contributed by atoms with Gasteiger partial charge in [0.2, 0.25) is 0 Å². The van der Waals surface area contributed by atoms with Crippen molar-refractivity contribution in [3.8, 4) is 0 Å². The zero-order chi connectivity index (χ0) is 15.4. The van der Waals surface area contributed by atoms with Crippen molar-refractivity contribution in [2.45, 2.75) is 76.3 Å². The predicted molar refractivity (Wildman–Crippen MR) is 64.3 cm³/mol. The number of hydrogen-bond donors (Lipinski definition) is 1. The average molecular weight is 305 g/mol. The van der Waals surface area contributed by atoms with Gasteiger partial charge in [-0.15, -0.1) is 0 Å². The molecule has 3 atom stereocenters. The molecule has 0 amide bonds. The highest BCUT2D eigenvalue weighted by atomic mass is 19.4. The third-order valence-electron chi connectivity index (χ3n) is 3.75. The molecular weight excluding hydrogens is 284 g/mol. The first-order valence-corrected chi connectivity index (χ1v) is 6.97. The Morgan fingerprint density at radius 2 is 1.75 bits per heavy atom. The van der Waals surface area contributed by atoms with Gasteiger partial charge in [-0.1, -0.05) is 6.42 Å². The summed E-state index contributed by atoms with van der Waals surface area (Å²) in [5.74, 6) is -1.28. The van der Waals surface area contributed by atoms with Crippen molar-refractivity contribution in [3.63, 3.8) is 0 Å². The lowest BCUT2D eigenvalue weighted by atomic mass is 9.85. The monoisotopic (exact) mass is 305 g/mol. The molecule has 0 saturated heterocycles. The molecule has 1 fully saturated rings.